The minimum atomic E-state index is -0.00368. The van der Waals surface area contributed by atoms with Crippen LogP contribution in [0.3, 0.4) is 0 Å². The lowest BCUT2D eigenvalue weighted by atomic mass is 10.0. The van der Waals surface area contributed by atoms with Crippen molar-refractivity contribution >= 4 is 11.6 Å². The minimum Gasteiger partial charge on any atom is -0.490 e. The predicted molar refractivity (Wildman–Crippen MR) is 79.8 cm³/mol. The number of likely N-dealkylation sites (N-methyl/N-ethyl adjacent to an activating group) is 1. The van der Waals surface area contributed by atoms with Gasteiger partial charge in [0.05, 0.1) is 5.02 Å². The smallest absolute Gasteiger partial charge is 0.137 e. The Morgan fingerprint density at radius 1 is 1.47 bits per heavy atom. The van der Waals surface area contributed by atoms with Crippen LogP contribution in [0.1, 0.15) is 37.8 Å². The monoisotopic (exact) mass is 282 g/mol. The molecule has 0 radical (unpaired) electrons. The lowest BCUT2D eigenvalue weighted by Gasteiger charge is -2.32. The molecular weight excluding hydrogens is 260 g/mol. The summed E-state index contributed by atoms with van der Waals surface area (Å²) in [4.78, 5) is 2.37. The van der Waals surface area contributed by atoms with Gasteiger partial charge in [0.25, 0.3) is 0 Å². The fraction of sp³-hybridized carbons (Fsp3) is 0.600. The molecule has 2 atom stereocenters. The van der Waals surface area contributed by atoms with Crippen LogP contribution in [0.25, 0.3) is 0 Å². The van der Waals surface area contributed by atoms with Crippen LogP contribution in [0.4, 0.5) is 0 Å². The van der Waals surface area contributed by atoms with E-state index in [0.29, 0.717) is 17.7 Å². The Hall–Kier alpha value is -0.770. The van der Waals surface area contributed by atoms with Crippen LogP contribution in [0.15, 0.2) is 18.2 Å². The van der Waals surface area contributed by atoms with Gasteiger partial charge in [0.2, 0.25) is 0 Å². The first-order chi connectivity index (χ1) is 9.08. The average molecular weight is 283 g/mol. The highest BCUT2D eigenvalue weighted by atomic mass is 35.5. The van der Waals surface area contributed by atoms with E-state index in [2.05, 4.69) is 11.9 Å². The lowest BCUT2D eigenvalue weighted by molar-refractivity contribution is 0.125. The molecule has 2 rings (SSSR count). The first-order valence-electron chi connectivity index (χ1n) is 6.96. The summed E-state index contributed by atoms with van der Waals surface area (Å²) >= 11 is 6.23. The van der Waals surface area contributed by atoms with Crippen LogP contribution in [-0.4, -0.2) is 31.1 Å². The molecule has 1 aliphatic rings. The SMILES string of the molecule is C[C@H](N)c1ccc(OCC2CCCCN2C)c(Cl)c1. The zero-order valence-electron chi connectivity index (χ0n) is 11.7. The molecule has 0 spiro atoms. The quantitative estimate of drug-likeness (QED) is 0.921. The zero-order valence-corrected chi connectivity index (χ0v) is 12.5. The Labute approximate surface area is 120 Å². The minimum absolute atomic E-state index is 0.00368. The maximum atomic E-state index is 6.23. The summed E-state index contributed by atoms with van der Waals surface area (Å²) in [6.45, 7) is 3.81. The highest BCUT2D eigenvalue weighted by Gasteiger charge is 2.19. The fourth-order valence-electron chi connectivity index (χ4n) is 2.46. The summed E-state index contributed by atoms with van der Waals surface area (Å²) < 4.78 is 5.87. The Balaban J connectivity index is 1.95. The molecule has 1 aromatic rings. The van der Waals surface area contributed by atoms with Gasteiger partial charge >= 0.3 is 0 Å². The Bertz CT molecular complexity index is 423. The molecule has 1 saturated heterocycles. The van der Waals surface area contributed by atoms with Crippen molar-refractivity contribution < 1.29 is 4.74 Å². The molecule has 2 N–H and O–H groups in total. The van der Waals surface area contributed by atoms with Crippen molar-refractivity contribution in [2.45, 2.75) is 38.3 Å². The molecule has 0 bridgehead atoms. The number of nitrogens with zero attached hydrogens (tertiary/aromatic N) is 1. The fourth-order valence-corrected chi connectivity index (χ4v) is 2.70. The molecule has 3 nitrogen and oxygen atoms in total. The third kappa shape index (κ3) is 3.85. The maximum Gasteiger partial charge on any atom is 0.137 e. The van der Waals surface area contributed by atoms with Gasteiger partial charge in [0.15, 0.2) is 0 Å². The van der Waals surface area contributed by atoms with E-state index in [1.807, 2.05) is 25.1 Å². The van der Waals surface area contributed by atoms with Crippen molar-refractivity contribution in [2.24, 2.45) is 5.73 Å². The molecule has 1 aliphatic heterocycles. The Morgan fingerprint density at radius 3 is 2.89 bits per heavy atom. The number of hydrogen-bond donors (Lipinski definition) is 1. The molecule has 4 heteroatoms. The normalized spacial score (nSPS) is 22.2. The van der Waals surface area contributed by atoms with Gasteiger partial charge in [-0.25, -0.2) is 0 Å². The van der Waals surface area contributed by atoms with E-state index in [1.54, 1.807) is 0 Å². The van der Waals surface area contributed by atoms with E-state index in [1.165, 1.54) is 19.3 Å². The van der Waals surface area contributed by atoms with Crippen molar-refractivity contribution in [3.8, 4) is 5.75 Å². The number of halogens is 1. The lowest BCUT2D eigenvalue weighted by Crippen LogP contribution is -2.40. The van der Waals surface area contributed by atoms with Gasteiger partial charge in [-0.3, -0.25) is 0 Å². The first kappa shape index (κ1) is 14.6. The Morgan fingerprint density at radius 2 is 2.26 bits per heavy atom. The molecule has 1 fully saturated rings. The van der Waals surface area contributed by atoms with Crippen LogP contribution in [0, 0.1) is 0 Å². The first-order valence-corrected chi connectivity index (χ1v) is 7.34. The van der Waals surface area contributed by atoms with Crippen molar-refractivity contribution in [1.82, 2.24) is 4.90 Å². The molecule has 0 aliphatic carbocycles. The summed E-state index contributed by atoms with van der Waals surface area (Å²) in [5, 5.41) is 0.647. The van der Waals surface area contributed by atoms with Crippen LogP contribution in [0.2, 0.25) is 5.02 Å². The van der Waals surface area contributed by atoms with Crippen molar-refractivity contribution in [1.29, 1.82) is 0 Å². The number of hydrogen-bond acceptors (Lipinski definition) is 3. The second-order valence-corrected chi connectivity index (χ2v) is 5.83. The van der Waals surface area contributed by atoms with Crippen LogP contribution in [0.5, 0.6) is 5.75 Å². The van der Waals surface area contributed by atoms with Crippen LogP contribution < -0.4 is 10.5 Å². The number of piperidine rings is 1. The summed E-state index contributed by atoms with van der Waals surface area (Å²) in [5.74, 6) is 0.755. The highest BCUT2D eigenvalue weighted by Crippen LogP contribution is 2.28. The molecule has 19 heavy (non-hydrogen) atoms. The summed E-state index contributed by atoms with van der Waals surface area (Å²) in [5.41, 5.74) is 6.87. The number of likely N-dealkylation sites (tertiary alicyclic amines) is 1. The van der Waals surface area contributed by atoms with E-state index < -0.39 is 0 Å². The number of nitrogens with two attached hydrogens (primary N) is 1. The van der Waals surface area contributed by atoms with Crippen molar-refractivity contribution in [3.63, 3.8) is 0 Å². The van der Waals surface area contributed by atoms with E-state index in [0.717, 1.165) is 17.9 Å². The van der Waals surface area contributed by atoms with Gasteiger partial charge in [0, 0.05) is 12.1 Å². The molecule has 0 saturated carbocycles. The van der Waals surface area contributed by atoms with Gasteiger partial charge < -0.3 is 15.4 Å². The highest BCUT2D eigenvalue weighted by molar-refractivity contribution is 6.32. The largest absolute Gasteiger partial charge is 0.490 e. The van der Waals surface area contributed by atoms with Gasteiger partial charge in [-0.15, -0.1) is 0 Å². The van der Waals surface area contributed by atoms with Crippen LogP contribution >= 0.6 is 11.6 Å². The molecule has 1 aromatic carbocycles. The maximum absolute atomic E-state index is 6.23. The van der Waals surface area contributed by atoms with Gasteiger partial charge in [-0.2, -0.15) is 0 Å². The third-order valence-corrected chi connectivity index (χ3v) is 4.13. The molecule has 0 amide bonds. The van der Waals surface area contributed by atoms with Crippen LogP contribution in [-0.2, 0) is 0 Å². The molecule has 0 aromatic heterocycles. The van der Waals surface area contributed by atoms with Gasteiger partial charge in [-0.1, -0.05) is 24.1 Å². The van der Waals surface area contributed by atoms with E-state index in [-0.39, 0.29) is 6.04 Å². The number of benzene rings is 1. The molecular formula is C15H23ClN2O. The molecule has 106 valence electrons. The molecule has 1 unspecified atom stereocenters. The second kappa shape index (κ2) is 6.60. The summed E-state index contributed by atoms with van der Waals surface area (Å²) in [6, 6.07) is 6.29. The second-order valence-electron chi connectivity index (χ2n) is 5.42. The third-order valence-electron chi connectivity index (χ3n) is 3.83. The van der Waals surface area contributed by atoms with Gasteiger partial charge in [-0.05, 0) is 51.1 Å². The predicted octanol–water partition coefficient (Wildman–Crippen LogP) is 3.22. The number of rotatable bonds is 4. The van der Waals surface area contributed by atoms with Crippen molar-refractivity contribution in [2.75, 3.05) is 20.2 Å². The molecule has 1 heterocycles. The van der Waals surface area contributed by atoms with E-state index in [9.17, 15) is 0 Å². The van der Waals surface area contributed by atoms with Gasteiger partial charge in [0.1, 0.15) is 12.4 Å². The number of ether oxygens (including phenoxy) is 1. The average Bonchev–Trinajstić information content (AvgIpc) is 2.39. The summed E-state index contributed by atoms with van der Waals surface area (Å²) in [7, 11) is 2.16. The zero-order chi connectivity index (χ0) is 13.8. The van der Waals surface area contributed by atoms with E-state index >= 15 is 0 Å². The van der Waals surface area contributed by atoms with E-state index in [4.69, 9.17) is 22.1 Å². The summed E-state index contributed by atoms with van der Waals surface area (Å²) in [6.07, 6.45) is 3.78. The standard InChI is InChI=1S/C15H23ClN2O/c1-11(17)12-6-7-15(14(16)9-12)19-10-13-5-3-4-8-18(13)2/h6-7,9,11,13H,3-5,8,10,17H2,1-2H3/t11-,13?/m0/s1. The Kier molecular flexibility index (Phi) is 5.08. The topological polar surface area (TPSA) is 38.5 Å². The van der Waals surface area contributed by atoms with Crippen molar-refractivity contribution in [3.05, 3.63) is 28.8 Å².